The molecule has 0 spiro atoms. The molecule has 0 radical (unpaired) electrons. The lowest BCUT2D eigenvalue weighted by molar-refractivity contribution is 0.0756. The highest BCUT2D eigenvalue weighted by atomic mass is 19.1. The van der Waals surface area contributed by atoms with Crippen molar-refractivity contribution < 1.29 is 9.18 Å². The summed E-state index contributed by atoms with van der Waals surface area (Å²) >= 11 is 0. The Kier molecular flexibility index (Phi) is 4.94. The normalized spacial score (nSPS) is 15.9. The molecule has 0 atom stereocenters. The molecule has 1 saturated heterocycles. The van der Waals surface area contributed by atoms with Gasteiger partial charge in [0.1, 0.15) is 5.82 Å². The maximum Gasteiger partial charge on any atom is 0.256 e. The number of hydrogen-bond acceptors (Lipinski definition) is 2. The van der Waals surface area contributed by atoms with E-state index < -0.39 is 5.82 Å². The maximum atomic E-state index is 13.9. The van der Waals surface area contributed by atoms with Crippen molar-refractivity contribution in [3.63, 3.8) is 0 Å². The standard InChI is InChI=1S/C22H24FN3O/c1-24-12-9-18-15-17(7-8-21(18)24)16-25-10-4-11-26(14-13-25)22(27)19-5-2-3-6-20(19)23/h2-3,5-9,12,15H,4,10-11,13-14,16H2,1H3. The number of carbonyl (C=O) groups excluding carboxylic acids is 1. The highest BCUT2D eigenvalue weighted by Crippen LogP contribution is 2.19. The van der Waals surface area contributed by atoms with Crippen LogP contribution in [0, 0.1) is 5.82 Å². The second-order valence-electron chi connectivity index (χ2n) is 7.22. The molecule has 1 aromatic heterocycles. The number of aryl methyl sites for hydroxylation is 1. The summed E-state index contributed by atoms with van der Waals surface area (Å²) < 4.78 is 16.1. The van der Waals surface area contributed by atoms with Gasteiger partial charge in [-0.2, -0.15) is 0 Å². The lowest BCUT2D eigenvalue weighted by Gasteiger charge is -2.22. The molecule has 0 N–H and O–H groups in total. The summed E-state index contributed by atoms with van der Waals surface area (Å²) in [6, 6.07) is 14.9. The quantitative estimate of drug-likeness (QED) is 0.709. The van der Waals surface area contributed by atoms with Gasteiger partial charge in [-0.25, -0.2) is 4.39 Å². The second kappa shape index (κ2) is 7.53. The van der Waals surface area contributed by atoms with Gasteiger partial charge in [-0.3, -0.25) is 9.69 Å². The van der Waals surface area contributed by atoms with E-state index in [-0.39, 0.29) is 11.5 Å². The van der Waals surface area contributed by atoms with E-state index in [4.69, 9.17) is 0 Å². The summed E-state index contributed by atoms with van der Waals surface area (Å²) in [5.74, 6) is -0.652. The first kappa shape index (κ1) is 17.7. The Bertz CT molecular complexity index is 965. The van der Waals surface area contributed by atoms with Crippen molar-refractivity contribution in [3.05, 3.63) is 71.7 Å². The molecule has 4 nitrogen and oxygen atoms in total. The van der Waals surface area contributed by atoms with Crippen LogP contribution in [0.25, 0.3) is 10.9 Å². The average Bonchev–Trinajstić information content (AvgIpc) is 2.88. The molecule has 1 fully saturated rings. The molecule has 0 unspecified atom stereocenters. The van der Waals surface area contributed by atoms with Crippen LogP contribution in [0.5, 0.6) is 0 Å². The van der Waals surface area contributed by atoms with Crippen molar-refractivity contribution in [2.24, 2.45) is 7.05 Å². The largest absolute Gasteiger partial charge is 0.351 e. The van der Waals surface area contributed by atoms with Crippen molar-refractivity contribution in [3.8, 4) is 0 Å². The summed E-state index contributed by atoms with van der Waals surface area (Å²) in [7, 11) is 2.05. The van der Waals surface area contributed by atoms with Gasteiger partial charge in [0.15, 0.2) is 0 Å². The molecule has 140 valence electrons. The summed E-state index contributed by atoms with van der Waals surface area (Å²) in [4.78, 5) is 16.8. The van der Waals surface area contributed by atoms with Crippen LogP contribution in [0.4, 0.5) is 4.39 Å². The first-order valence-corrected chi connectivity index (χ1v) is 9.42. The van der Waals surface area contributed by atoms with Crippen LogP contribution >= 0.6 is 0 Å². The number of rotatable bonds is 3. The molecule has 0 saturated carbocycles. The Morgan fingerprint density at radius 1 is 1.04 bits per heavy atom. The van der Waals surface area contributed by atoms with Crippen molar-refractivity contribution in [2.75, 3.05) is 26.2 Å². The van der Waals surface area contributed by atoms with E-state index in [0.29, 0.717) is 13.1 Å². The molecule has 2 heterocycles. The zero-order valence-corrected chi connectivity index (χ0v) is 15.6. The van der Waals surface area contributed by atoms with Crippen LogP contribution in [-0.2, 0) is 13.6 Å². The maximum absolute atomic E-state index is 13.9. The third-order valence-electron chi connectivity index (χ3n) is 5.34. The molecule has 5 heteroatoms. The predicted octanol–water partition coefficient (Wildman–Crippen LogP) is 3.67. The van der Waals surface area contributed by atoms with Crippen LogP contribution in [0.15, 0.2) is 54.7 Å². The number of hydrogen-bond donors (Lipinski definition) is 0. The predicted molar refractivity (Wildman–Crippen MR) is 105 cm³/mol. The Morgan fingerprint density at radius 2 is 1.89 bits per heavy atom. The minimum Gasteiger partial charge on any atom is -0.351 e. The second-order valence-corrected chi connectivity index (χ2v) is 7.22. The Morgan fingerprint density at radius 3 is 2.74 bits per heavy atom. The first-order valence-electron chi connectivity index (χ1n) is 9.42. The zero-order valence-electron chi connectivity index (χ0n) is 15.6. The highest BCUT2D eigenvalue weighted by Gasteiger charge is 2.22. The molecule has 2 aromatic carbocycles. The van der Waals surface area contributed by atoms with Gasteiger partial charge >= 0.3 is 0 Å². The third kappa shape index (κ3) is 3.74. The van der Waals surface area contributed by atoms with E-state index in [1.165, 1.54) is 22.5 Å². The van der Waals surface area contributed by atoms with E-state index in [1.54, 1.807) is 23.1 Å². The van der Waals surface area contributed by atoms with Crippen LogP contribution in [-0.4, -0.2) is 46.5 Å². The van der Waals surface area contributed by atoms with Gasteiger partial charge in [0.25, 0.3) is 5.91 Å². The first-order chi connectivity index (χ1) is 13.1. The third-order valence-corrected chi connectivity index (χ3v) is 5.34. The fourth-order valence-electron chi connectivity index (χ4n) is 3.82. The zero-order chi connectivity index (χ0) is 18.8. The molecule has 1 amide bonds. The van der Waals surface area contributed by atoms with Crippen molar-refractivity contribution in [1.82, 2.24) is 14.4 Å². The molecule has 27 heavy (non-hydrogen) atoms. The van der Waals surface area contributed by atoms with Crippen LogP contribution in [0.3, 0.4) is 0 Å². The molecule has 0 aliphatic carbocycles. The topological polar surface area (TPSA) is 28.5 Å². The van der Waals surface area contributed by atoms with Gasteiger partial charge < -0.3 is 9.47 Å². The number of aromatic nitrogens is 1. The molecular formula is C22H24FN3O. The smallest absolute Gasteiger partial charge is 0.256 e. The SMILES string of the molecule is Cn1ccc2cc(CN3CCCN(C(=O)c4ccccc4F)CC3)ccc21. The van der Waals surface area contributed by atoms with Gasteiger partial charge in [0.05, 0.1) is 5.56 Å². The number of halogens is 1. The number of nitrogens with zero attached hydrogens (tertiary/aromatic N) is 3. The van der Waals surface area contributed by atoms with Gasteiger partial charge in [-0.1, -0.05) is 18.2 Å². The van der Waals surface area contributed by atoms with E-state index in [2.05, 4.69) is 47.0 Å². The van der Waals surface area contributed by atoms with Gasteiger partial charge in [-0.05, 0) is 47.7 Å². The Labute approximate surface area is 158 Å². The molecule has 0 bridgehead atoms. The van der Waals surface area contributed by atoms with Crippen LogP contribution in [0.1, 0.15) is 22.3 Å². The Hall–Kier alpha value is -2.66. The van der Waals surface area contributed by atoms with E-state index in [1.807, 2.05) is 0 Å². The highest BCUT2D eigenvalue weighted by molar-refractivity contribution is 5.94. The van der Waals surface area contributed by atoms with Gasteiger partial charge in [0.2, 0.25) is 0 Å². The number of amides is 1. The van der Waals surface area contributed by atoms with Crippen molar-refractivity contribution in [2.45, 2.75) is 13.0 Å². The van der Waals surface area contributed by atoms with Crippen LogP contribution in [0.2, 0.25) is 0 Å². The monoisotopic (exact) mass is 365 g/mol. The lowest BCUT2D eigenvalue weighted by atomic mass is 10.1. The van der Waals surface area contributed by atoms with Gasteiger partial charge in [-0.15, -0.1) is 0 Å². The van der Waals surface area contributed by atoms with Crippen LogP contribution < -0.4 is 0 Å². The van der Waals surface area contributed by atoms with Gasteiger partial charge in [0, 0.05) is 51.5 Å². The lowest BCUT2D eigenvalue weighted by Crippen LogP contribution is -2.35. The Balaban J connectivity index is 1.42. The molecule has 3 aromatic rings. The fourth-order valence-corrected chi connectivity index (χ4v) is 3.82. The summed E-state index contributed by atoms with van der Waals surface area (Å²) in [5, 5.41) is 1.25. The summed E-state index contributed by atoms with van der Waals surface area (Å²) in [5.41, 5.74) is 2.68. The number of fused-ring (bicyclic) bond motifs is 1. The van der Waals surface area contributed by atoms with Crippen molar-refractivity contribution in [1.29, 1.82) is 0 Å². The fraction of sp³-hybridized carbons (Fsp3) is 0.318. The molecule has 4 rings (SSSR count). The molecule has 1 aliphatic rings. The van der Waals surface area contributed by atoms with E-state index in [0.717, 1.165) is 26.1 Å². The minimum atomic E-state index is -0.445. The molecular weight excluding hydrogens is 341 g/mol. The van der Waals surface area contributed by atoms with Crippen molar-refractivity contribution >= 4 is 16.8 Å². The van der Waals surface area contributed by atoms with E-state index >= 15 is 0 Å². The summed E-state index contributed by atoms with van der Waals surface area (Å²) in [6.45, 7) is 3.90. The molecule has 1 aliphatic heterocycles. The number of carbonyl (C=O) groups is 1. The summed E-state index contributed by atoms with van der Waals surface area (Å²) in [6.07, 6.45) is 2.97. The minimum absolute atomic E-state index is 0.167. The van der Waals surface area contributed by atoms with E-state index in [9.17, 15) is 9.18 Å². The number of benzene rings is 2. The average molecular weight is 365 g/mol.